The number of nitrogens with zero attached hydrogens (tertiary/aromatic N) is 2. The molecule has 5 rings (SSSR count). The van der Waals surface area contributed by atoms with Crippen LogP contribution in [0.5, 0.6) is 0 Å². The average Bonchev–Trinajstić information content (AvgIpc) is 3.09. The quantitative estimate of drug-likeness (QED) is 0.134. The number of benzene rings is 3. The summed E-state index contributed by atoms with van der Waals surface area (Å²) in [4.78, 5) is 41.7. The van der Waals surface area contributed by atoms with Crippen molar-refractivity contribution < 1.29 is 19.2 Å². The van der Waals surface area contributed by atoms with Crippen molar-refractivity contribution in [2.24, 2.45) is 5.16 Å². The molecule has 0 unspecified atom stereocenters. The van der Waals surface area contributed by atoms with E-state index in [1.807, 2.05) is 61.5 Å². The summed E-state index contributed by atoms with van der Waals surface area (Å²) in [5, 5.41) is 5.70. The largest absolute Gasteiger partial charge is 0.341 e. The van der Waals surface area contributed by atoms with E-state index in [4.69, 9.17) is 0 Å². The van der Waals surface area contributed by atoms with Gasteiger partial charge in [-0.15, -0.1) is 0 Å². The zero-order valence-electron chi connectivity index (χ0n) is 19.1. The van der Waals surface area contributed by atoms with Gasteiger partial charge in [-0.05, 0) is 74.6 Å². The molecule has 0 saturated heterocycles. The molecule has 0 atom stereocenters. The molecule has 170 valence electrons. The van der Waals surface area contributed by atoms with Crippen LogP contribution in [0, 0.1) is 6.92 Å². The van der Waals surface area contributed by atoms with Crippen LogP contribution in [0.4, 0.5) is 0 Å². The monoisotopic (exact) mass is 452 g/mol. The molecule has 0 aliphatic heterocycles. The molecule has 6 heteroatoms. The van der Waals surface area contributed by atoms with Gasteiger partial charge in [-0.3, -0.25) is 14.4 Å². The van der Waals surface area contributed by atoms with E-state index in [0.29, 0.717) is 36.0 Å². The smallest absolute Gasteiger partial charge is 0.323 e. The Hall–Kier alpha value is -4.06. The number of oxime groups is 1. The highest BCUT2D eigenvalue weighted by atomic mass is 16.7. The fourth-order valence-corrected chi connectivity index (χ4v) is 5.07. The second-order valence-electron chi connectivity index (χ2n) is 8.53. The van der Waals surface area contributed by atoms with E-state index < -0.39 is 0 Å². The van der Waals surface area contributed by atoms with Gasteiger partial charge < -0.3 is 9.40 Å². The van der Waals surface area contributed by atoms with Gasteiger partial charge in [0.2, 0.25) is 5.78 Å². The van der Waals surface area contributed by atoms with Crippen molar-refractivity contribution >= 4 is 45.6 Å². The summed E-state index contributed by atoms with van der Waals surface area (Å²) in [6.45, 7) is 5.01. The molecular formula is C28H24N2O4. The highest BCUT2D eigenvalue weighted by Crippen LogP contribution is 2.36. The summed E-state index contributed by atoms with van der Waals surface area (Å²) in [7, 11) is 0. The van der Waals surface area contributed by atoms with Crippen LogP contribution >= 0.6 is 0 Å². The van der Waals surface area contributed by atoms with Crippen LogP contribution in [-0.2, 0) is 22.6 Å². The van der Waals surface area contributed by atoms with Crippen molar-refractivity contribution in [3.63, 3.8) is 0 Å². The summed E-state index contributed by atoms with van der Waals surface area (Å²) in [5.74, 6) is -0.239. The molecule has 0 radical (unpaired) electrons. The lowest BCUT2D eigenvalue weighted by Crippen LogP contribution is -2.14. The highest BCUT2D eigenvalue weighted by Gasteiger charge is 2.26. The maximum Gasteiger partial charge on any atom is 0.323 e. The second kappa shape index (κ2) is 8.71. The average molecular weight is 453 g/mol. The van der Waals surface area contributed by atoms with Gasteiger partial charge in [0, 0.05) is 45.0 Å². The maximum absolute atomic E-state index is 13.3. The molecule has 34 heavy (non-hydrogen) atoms. The predicted molar refractivity (Wildman–Crippen MR) is 132 cm³/mol. The fourth-order valence-electron chi connectivity index (χ4n) is 5.07. The molecule has 0 bridgehead atoms. The first-order valence-electron chi connectivity index (χ1n) is 11.4. The molecule has 6 nitrogen and oxygen atoms in total. The standard InChI is InChI=1S/C28H24N2O4/c1-3-30-24-13-11-18(27(32)19-8-5-4-7-17(19)2)15-22(24)26-20-9-6-10-23(29-34-16-31)28(33)21(20)12-14-25(26)30/h4-5,7-8,11-16H,3,6,9-10H2,1-2H3/b29-23+. The van der Waals surface area contributed by atoms with E-state index in [1.54, 1.807) is 0 Å². The van der Waals surface area contributed by atoms with Gasteiger partial charge in [-0.25, -0.2) is 0 Å². The molecule has 0 saturated carbocycles. The Kier molecular flexibility index (Phi) is 5.57. The van der Waals surface area contributed by atoms with Gasteiger partial charge >= 0.3 is 6.47 Å². The van der Waals surface area contributed by atoms with E-state index in [-0.39, 0.29) is 23.8 Å². The van der Waals surface area contributed by atoms with Crippen LogP contribution in [0.2, 0.25) is 0 Å². The first-order chi connectivity index (χ1) is 16.5. The summed E-state index contributed by atoms with van der Waals surface area (Å²) < 4.78 is 2.22. The summed E-state index contributed by atoms with van der Waals surface area (Å²) >= 11 is 0. The van der Waals surface area contributed by atoms with Gasteiger partial charge in [0.1, 0.15) is 5.71 Å². The van der Waals surface area contributed by atoms with Gasteiger partial charge in [-0.2, -0.15) is 0 Å². The first-order valence-corrected chi connectivity index (χ1v) is 11.4. The van der Waals surface area contributed by atoms with Gasteiger partial charge in [0.25, 0.3) is 0 Å². The summed E-state index contributed by atoms with van der Waals surface area (Å²) in [6, 6.07) is 17.2. The summed E-state index contributed by atoms with van der Waals surface area (Å²) in [5.41, 5.74) is 6.09. The predicted octanol–water partition coefficient (Wildman–Crippen LogP) is 5.40. The molecule has 0 N–H and O–H groups in total. The SMILES string of the molecule is CCn1c2ccc(C(=O)c3ccccc3C)cc2c2c3c(ccc21)C(=O)/C(=N/OC=O)CCC3. The third kappa shape index (κ3) is 3.43. The third-order valence-electron chi connectivity index (χ3n) is 6.66. The first kappa shape index (κ1) is 21.8. The van der Waals surface area contributed by atoms with Crippen LogP contribution in [-0.4, -0.2) is 28.3 Å². The topological polar surface area (TPSA) is 77.7 Å². The van der Waals surface area contributed by atoms with E-state index >= 15 is 0 Å². The van der Waals surface area contributed by atoms with Crippen molar-refractivity contribution in [1.82, 2.24) is 4.57 Å². The number of carbonyl (C=O) groups excluding carboxylic acids is 3. The van der Waals surface area contributed by atoms with Crippen LogP contribution in [0.15, 0.2) is 59.8 Å². The lowest BCUT2D eigenvalue weighted by molar-refractivity contribution is -0.128. The minimum atomic E-state index is -0.221. The van der Waals surface area contributed by atoms with Crippen LogP contribution in [0.25, 0.3) is 21.8 Å². The minimum Gasteiger partial charge on any atom is -0.341 e. The molecule has 0 spiro atoms. The number of ketones is 2. The van der Waals surface area contributed by atoms with Gasteiger partial charge in [0.05, 0.1) is 0 Å². The van der Waals surface area contributed by atoms with E-state index in [0.717, 1.165) is 39.5 Å². The number of aryl methyl sites for hydroxylation is 3. The van der Waals surface area contributed by atoms with Crippen LogP contribution in [0.3, 0.4) is 0 Å². The van der Waals surface area contributed by atoms with Gasteiger partial charge in [-0.1, -0.05) is 29.4 Å². The highest BCUT2D eigenvalue weighted by molar-refractivity contribution is 6.47. The Morgan fingerprint density at radius 2 is 1.88 bits per heavy atom. The lowest BCUT2D eigenvalue weighted by atomic mass is 9.94. The van der Waals surface area contributed by atoms with E-state index in [9.17, 15) is 14.4 Å². The second-order valence-corrected chi connectivity index (χ2v) is 8.53. The molecule has 1 aliphatic carbocycles. The molecule has 3 aromatic carbocycles. The maximum atomic E-state index is 13.3. The van der Waals surface area contributed by atoms with Crippen molar-refractivity contribution in [2.75, 3.05) is 0 Å². The number of carbonyl (C=O) groups is 3. The molecule has 1 heterocycles. The number of aromatic nitrogens is 1. The molecular weight excluding hydrogens is 428 g/mol. The molecule has 0 amide bonds. The molecule has 1 aromatic heterocycles. The Morgan fingerprint density at radius 1 is 1.09 bits per heavy atom. The normalized spacial score (nSPS) is 14.9. The van der Waals surface area contributed by atoms with Crippen molar-refractivity contribution in [2.45, 2.75) is 39.7 Å². The van der Waals surface area contributed by atoms with Crippen molar-refractivity contribution in [3.8, 4) is 0 Å². The van der Waals surface area contributed by atoms with Crippen molar-refractivity contribution in [1.29, 1.82) is 0 Å². The molecule has 4 aromatic rings. The zero-order chi connectivity index (χ0) is 23.8. The number of hydrogen-bond acceptors (Lipinski definition) is 5. The van der Waals surface area contributed by atoms with Gasteiger partial charge in [0.15, 0.2) is 5.78 Å². The van der Waals surface area contributed by atoms with Crippen LogP contribution < -0.4 is 0 Å². The summed E-state index contributed by atoms with van der Waals surface area (Å²) in [6.07, 6.45) is 1.84. The van der Waals surface area contributed by atoms with Crippen molar-refractivity contribution in [3.05, 3.63) is 82.4 Å². The zero-order valence-corrected chi connectivity index (χ0v) is 19.1. The minimum absolute atomic E-state index is 0.0177. The fraction of sp³-hybridized carbons (Fsp3) is 0.214. The molecule has 0 fully saturated rings. The third-order valence-corrected chi connectivity index (χ3v) is 6.66. The lowest BCUT2D eigenvalue weighted by Gasteiger charge is -2.08. The van der Waals surface area contributed by atoms with E-state index in [1.165, 1.54) is 0 Å². The number of rotatable bonds is 5. The Balaban J connectivity index is 1.75. The van der Waals surface area contributed by atoms with Crippen LogP contribution in [0.1, 0.15) is 57.2 Å². The molecule has 1 aliphatic rings. The Labute approximate surface area is 196 Å². The Bertz CT molecular complexity index is 1510. The number of hydrogen-bond donors (Lipinski definition) is 0. The Morgan fingerprint density at radius 3 is 2.65 bits per heavy atom. The number of fused-ring (bicyclic) bond motifs is 5. The van der Waals surface area contributed by atoms with E-state index in [2.05, 4.69) is 21.5 Å². The number of Topliss-reactive ketones (excluding diaryl/α,β-unsaturated/α-hetero) is 1.